The van der Waals surface area contributed by atoms with Crippen molar-refractivity contribution in [2.24, 2.45) is 0 Å². The molecule has 2 N–H and O–H groups in total. The van der Waals surface area contributed by atoms with E-state index >= 15 is 0 Å². The van der Waals surface area contributed by atoms with Gasteiger partial charge in [0.2, 0.25) is 0 Å². The minimum absolute atomic E-state index is 0.213. The number of halogens is 2. The number of benzene rings is 1. The summed E-state index contributed by atoms with van der Waals surface area (Å²) in [6.45, 7) is 6.54. The molecule has 0 saturated heterocycles. The Kier molecular flexibility index (Phi) is 7.59. The van der Waals surface area contributed by atoms with Crippen molar-refractivity contribution in [1.82, 2.24) is 9.99 Å². The highest BCUT2D eigenvalue weighted by atomic mass is 79.9. The summed E-state index contributed by atoms with van der Waals surface area (Å²) in [5, 5.41) is 2.87. The highest BCUT2D eigenvalue weighted by molar-refractivity contribution is 9.10. The number of carbonyl (C=O) groups is 1. The fourth-order valence-electron chi connectivity index (χ4n) is 2.92. The third-order valence-corrected chi connectivity index (χ3v) is 5.34. The molecule has 1 heterocycles. The van der Waals surface area contributed by atoms with Gasteiger partial charge in [0.05, 0.1) is 15.7 Å². The van der Waals surface area contributed by atoms with Gasteiger partial charge in [-0.1, -0.05) is 25.1 Å². The minimum atomic E-state index is -0.244. The Morgan fingerprint density at radius 1 is 1.22 bits per heavy atom. The van der Waals surface area contributed by atoms with Crippen molar-refractivity contribution in [1.29, 1.82) is 0 Å². The van der Waals surface area contributed by atoms with Crippen molar-refractivity contribution >= 4 is 21.8 Å². The maximum atomic E-state index is 13.6. The fraction of sp³-hybridized carbons (Fsp3) is 0.400. The standard InChI is InChI=1S/C20H25BrFN3O2/c1-4-11-24-25-14(3)17(13(2)18(21)20(25)27)19(26)23-12-7-9-15-8-5-6-10-16(15)22/h5-6,8,10,24H,4,7,9,11-12H2,1-3H3,(H,23,26). The third-order valence-electron chi connectivity index (χ3n) is 4.41. The number of rotatable bonds is 8. The van der Waals surface area contributed by atoms with Crippen LogP contribution >= 0.6 is 15.9 Å². The van der Waals surface area contributed by atoms with E-state index in [0.717, 1.165) is 6.42 Å². The number of hydrogen-bond donors (Lipinski definition) is 2. The molecule has 0 bridgehead atoms. The van der Waals surface area contributed by atoms with Crippen molar-refractivity contribution in [2.45, 2.75) is 40.0 Å². The molecule has 1 aromatic carbocycles. The molecule has 1 amide bonds. The number of aryl methyl sites for hydroxylation is 1. The van der Waals surface area contributed by atoms with Crippen molar-refractivity contribution in [3.8, 4) is 0 Å². The number of aromatic nitrogens is 1. The largest absolute Gasteiger partial charge is 0.352 e. The molecule has 0 fully saturated rings. The molecule has 0 atom stereocenters. The monoisotopic (exact) mass is 437 g/mol. The van der Waals surface area contributed by atoms with Crippen LogP contribution < -0.4 is 16.3 Å². The van der Waals surface area contributed by atoms with Gasteiger partial charge >= 0.3 is 0 Å². The van der Waals surface area contributed by atoms with Gasteiger partial charge < -0.3 is 10.7 Å². The van der Waals surface area contributed by atoms with Gasteiger partial charge in [0, 0.05) is 13.1 Å². The molecule has 5 nitrogen and oxygen atoms in total. The summed E-state index contributed by atoms with van der Waals surface area (Å²) in [5.74, 6) is -0.472. The van der Waals surface area contributed by atoms with E-state index in [-0.39, 0.29) is 17.3 Å². The van der Waals surface area contributed by atoms with Crippen LogP contribution in [0.4, 0.5) is 4.39 Å². The van der Waals surface area contributed by atoms with Gasteiger partial charge in [0.1, 0.15) is 5.82 Å². The van der Waals surface area contributed by atoms with Crippen LogP contribution in [0.25, 0.3) is 0 Å². The molecule has 0 spiro atoms. The second kappa shape index (κ2) is 9.69. The van der Waals surface area contributed by atoms with Crippen LogP contribution in [0.5, 0.6) is 0 Å². The number of nitrogens with zero attached hydrogens (tertiary/aromatic N) is 1. The van der Waals surface area contributed by atoms with Gasteiger partial charge in [-0.15, -0.1) is 0 Å². The van der Waals surface area contributed by atoms with E-state index in [4.69, 9.17) is 0 Å². The summed E-state index contributed by atoms with van der Waals surface area (Å²) in [6, 6.07) is 6.64. The molecular formula is C20H25BrFN3O2. The van der Waals surface area contributed by atoms with Gasteiger partial charge in [-0.2, -0.15) is 0 Å². The lowest BCUT2D eigenvalue weighted by molar-refractivity contribution is 0.0951. The summed E-state index contributed by atoms with van der Waals surface area (Å²) < 4.78 is 15.4. The number of hydrogen-bond acceptors (Lipinski definition) is 3. The highest BCUT2D eigenvalue weighted by Gasteiger charge is 2.20. The first kappa shape index (κ1) is 21.2. The smallest absolute Gasteiger partial charge is 0.283 e. The Morgan fingerprint density at radius 2 is 1.93 bits per heavy atom. The number of amides is 1. The SMILES string of the molecule is CCCNn1c(C)c(C(=O)NCCCc2ccccc2F)c(C)c(Br)c1=O. The molecule has 0 aliphatic rings. The zero-order chi connectivity index (χ0) is 20.0. The Labute approximate surface area is 167 Å². The van der Waals surface area contributed by atoms with E-state index in [1.54, 1.807) is 32.0 Å². The molecule has 2 rings (SSSR count). The average Bonchev–Trinajstić information content (AvgIpc) is 2.65. The summed E-state index contributed by atoms with van der Waals surface area (Å²) in [6.07, 6.45) is 2.03. The van der Waals surface area contributed by atoms with Crippen molar-refractivity contribution in [3.05, 3.63) is 67.3 Å². The zero-order valence-electron chi connectivity index (χ0n) is 15.9. The highest BCUT2D eigenvalue weighted by Crippen LogP contribution is 2.19. The molecular weight excluding hydrogens is 413 g/mol. The predicted molar refractivity (Wildman–Crippen MR) is 109 cm³/mol. The van der Waals surface area contributed by atoms with Gasteiger partial charge in [-0.3, -0.25) is 9.59 Å². The lowest BCUT2D eigenvalue weighted by atomic mass is 10.1. The van der Waals surface area contributed by atoms with Crippen LogP contribution in [-0.2, 0) is 6.42 Å². The Morgan fingerprint density at radius 3 is 2.59 bits per heavy atom. The number of carbonyl (C=O) groups excluding carboxylic acids is 1. The molecule has 0 saturated carbocycles. The molecule has 0 radical (unpaired) electrons. The van der Waals surface area contributed by atoms with Crippen molar-refractivity contribution in [2.75, 3.05) is 18.5 Å². The van der Waals surface area contributed by atoms with E-state index in [0.29, 0.717) is 52.8 Å². The topological polar surface area (TPSA) is 63.1 Å². The van der Waals surface area contributed by atoms with E-state index < -0.39 is 0 Å². The van der Waals surface area contributed by atoms with Gasteiger partial charge in [-0.25, -0.2) is 9.07 Å². The molecule has 0 unspecified atom stereocenters. The van der Waals surface area contributed by atoms with Crippen LogP contribution in [0, 0.1) is 19.7 Å². The number of pyridine rings is 1. The summed E-state index contributed by atoms with van der Waals surface area (Å²) in [7, 11) is 0. The first-order chi connectivity index (χ1) is 12.9. The average molecular weight is 438 g/mol. The zero-order valence-corrected chi connectivity index (χ0v) is 17.5. The van der Waals surface area contributed by atoms with E-state index in [2.05, 4.69) is 26.7 Å². The first-order valence-electron chi connectivity index (χ1n) is 9.05. The molecule has 7 heteroatoms. The third kappa shape index (κ3) is 4.97. The normalized spacial score (nSPS) is 10.7. The maximum absolute atomic E-state index is 13.6. The van der Waals surface area contributed by atoms with Gasteiger partial charge in [0.25, 0.3) is 11.5 Å². The van der Waals surface area contributed by atoms with E-state index in [9.17, 15) is 14.0 Å². The number of nitrogens with one attached hydrogen (secondary N) is 2. The summed E-state index contributed by atoms with van der Waals surface area (Å²) in [5.41, 5.74) is 5.11. The van der Waals surface area contributed by atoms with Crippen LogP contribution in [0.2, 0.25) is 0 Å². The lowest BCUT2D eigenvalue weighted by Gasteiger charge is -2.18. The fourth-order valence-corrected chi connectivity index (χ4v) is 3.30. The van der Waals surface area contributed by atoms with E-state index in [1.165, 1.54) is 10.7 Å². The quantitative estimate of drug-likeness (QED) is 0.619. The minimum Gasteiger partial charge on any atom is -0.352 e. The predicted octanol–water partition coefficient (Wildman–Crippen LogP) is 3.68. The van der Waals surface area contributed by atoms with Crippen LogP contribution in [0.3, 0.4) is 0 Å². The molecule has 146 valence electrons. The van der Waals surface area contributed by atoms with E-state index in [1.807, 2.05) is 6.92 Å². The molecule has 27 heavy (non-hydrogen) atoms. The Bertz CT molecular complexity index is 880. The molecule has 0 aliphatic carbocycles. The van der Waals surface area contributed by atoms with Gasteiger partial charge in [-0.05, 0) is 66.2 Å². The molecule has 2 aromatic rings. The molecule has 0 aliphatic heterocycles. The molecule has 1 aromatic heterocycles. The second-order valence-electron chi connectivity index (χ2n) is 6.40. The summed E-state index contributed by atoms with van der Waals surface area (Å²) in [4.78, 5) is 25.1. The second-order valence-corrected chi connectivity index (χ2v) is 7.19. The van der Waals surface area contributed by atoms with Crippen molar-refractivity contribution < 1.29 is 9.18 Å². The Balaban J connectivity index is 2.10. The lowest BCUT2D eigenvalue weighted by Crippen LogP contribution is -2.36. The van der Waals surface area contributed by atoms with Crippen molar-refractivity contribution in [3.63, 3.8) is 0 Å². The first-order valence-corrected chi connectivity index (χ1v) is 9.85. The summed E-state index contributed by atoms with van der Waals surface area (Å²) >= 11 is 3.30. The van der Waals surface area contributed by atoms with Crippen LogP contribution in [0.1, 0.15) is 46.9 Å². The maximum Gasteiger partial charge on any atom is 0.283 e. The van der Waals surface area contributed by atoms with Crippen LogP contribution in [0.15, 0.2) is 33.5 Å². The Hall–Kier alpha value is -2.15. The van der Waals surface area contributed by atoms with Gasteiger partial charge in [0.15, 0.2) is 0 Å². The van der Waals surface area contributed by atoms with Crippen LogP contribution in [-0.4, -0.2) is 23.7 Å².